The van der Waals surface area contributed by atoms with Gasteiger partial charge in [-0.1, -0.05) is 22.0 Å². The maximum atomic E-state index is 5.63. The van der Waals surface area contributed by atoms with Crippen molar-refractivity contribution in [2.24, 2.45) is 7.05 Å². The number of halogens is 1. The molecule has 2 aromatic heterocycles. The highest BCUT2D eigenvalue weighted by molar-refractivity contribution is 9.10. The van der Waals surface area contributed by atoms with E-state index in [2.05, 4.69) is 48.9 Å². The lowest BCUT2D eigenvalue weighted by molar-refractivity contribution is 0.963. The molecule has 0 saturated heterocycles. The molecule has 5 heteroatoms. The van der Waals surface area contributed by atoms with E-state index < -0.39 is 0 Å². The molecule has 1 aromatic carbocycles. The lowest BCUT2D eigenvalue weighted by atomic mass is 10.2. The summed E-state index contributed by atoms with van der Waals surface area (Å²) in [5.41, 5.74) is 8.79. The van der Waals surface area contributed by atoms with Crippen LogP contribution in [0, 0.1) is 0 Å². The summed E-state index contributed by atoms with van der Waals surface area (Å²) in [6.07, 6.45) is 0. The number of aryl methyl sites for hydroxylation is 1. The minimum absolute atomic E-state index is 0.506. The molecule has 0 fully saturated rings. The topological polar surface area (TPSA) is 59.6 Å². The molecule has 3 N–H and O–H groups in total. The molecule has 0 aliphatic heterocycles. The van der Waals surface area contributed by atoms with Crippen molar-refractivity contribution in [3.63, 3.8) is 0 Å². The molecule has 0 atom stereocenters. The first kappa shape index (κ1) is 10.4. The number of nitrogens with zero attached hydrogens (tertiary/aromatic N) is 2. The first-order valence-corrected chi connectivity index (χ1v) is 6.01. The molecule has 0 aliphatic carbocycles. The Balaban J connectivity index is 2.27. The van der Waals surface area contributed by atoms with E-state index in [9.17, 15) is 0 Å². The minimum atomic E-state index is 0.506. The van der Waals surface area contributed by atoms with E-state index >= 15 is 0 Å². The quantitative estimate of drug-likeness (QED) is 0.724. The molecule has 3 rings (SSSR count). The van der Waals surface area contributed by atoms with E-state index in [1.54, 1.807) is 0 Å². The van der Waals surface area contributed by atoms with E-state index in [0.29, 0.717) is 5.82 Å². The van der Waals surface area contributed by atoms with E-state index in [1.807, 2.05) is 19.2 Å². The number of fused-ring (bicyclic) bond motifs is 1. The summed E-state index contributed by atoms with van der Waals surface area (Å²) < 4.78 is 3.19. The van der Waals surface area contributed by atoms with Crippen molar-refractivity contribution in [2.45, 2.75) is 0 Å². The fourth-order valence-electron chi connectivity index (χ4n) is 2.03. The van der Waals surface area contributed by atoms with Crippen LogP contribution in [0.3, 0.4) is 0 Å². The summed E-state index contributed by atoms with van der Waals surface area (Å²) in [5, 5.41) is 8.08. The van der Waals surface area contributed by atoms with Crippen LogP contribution >= 0.6 is 15.9 Å². The van der Waals surface area contributed by atoms with Crippen LogP contribution in [0.25, 0.3) is 22.3 Å². The number of anilines is 1. The molecule has 0 amide bonds. The Kier molecular flexibility index (Phi) is 2.22. The van der Waals surface area contributed by atoms with Gasteiger partial charge in [-0.3, -0.25) is 5.10 Å². The summed E-state index contributed by atoms with van der Waals surface area (Å²) in [5.74, 6) is 0.506. The average molecular weight is 291 g/mol. The van der Waals surface area contributed by atoms with Gasteiger partial charge in [-0.25, -0.2) is 0 Å². The van der Waals surface area contributed by atoms with Crippen molar-refractivity contribution in [3.05, 3.63) is 34.8 Å². The Bertz CT molecular complexity index is 696. The highest BCUT2D eigenvalue weighted by Crippen LogP contribution is 2.28. The third-order valence-corrected chi connectivity index (χ3v) is 3.37. The molecule has 86 valence electrons. The molecular formula is C12H11BrN4. The van der Waals surface area contributed by atoms with Crippen LogP contribution in [0.1, 0.15) is 0 Å². The number of nitrogens with one attached hydrogen (secondary N) is 1. The fourth-order valence-corrected chi connectivity index (χ4v) is 2.38. The van der Waals surface area contributed by atoms with Crippen molar-refractivity contribution >= 4 is 32.7 Å². The first-order valence-electron chi connectivity index (χ1n) is 5.21. The van der Waals surface area contributed by atoms with Crippen LogP contribution in [-0.2, 0) is 7.05 Å². The molecule has 0 spiro atoms. The Hall–Kier alpha value is -1.75. The smallest absolute Gasteiger partial charge is 0.145 e. The Morgan fingerprint density at radius 2 is 2.12 bits per heavy atom. The van der Waals surface area contributed by atoms with Crippen molar-refractivity contribution in [1.29, 1.82) is 0 Å². The molecule has 3 aromatic rings. The van der Waals surface area contributed by atoms with Gasteiger partial charge < -0.3 is 10.3 Å². The third-order valence-electron chi connectivity index (χ3n) is 2.88. The highest BCUT2D eigenvalue weighted by atomic mass is 79.9. The number of rotatable bonds is 1. The molecule has 0 radical (unpaired) electrons. The van der Waals surface area contributed by atoms with Crippen LogP contribution in [0.2, 0.25) is 0 Å². The SMILES string of the molecule is Cn1c(-c2cc(N)n[nH]2)cc2ccc(Br)cc21. The fraction of sp³-hybridized carbons (Fsp3) is 0.0833. The van der Waals surface area contributed by atoms with Crippen molar-refractivity contribution < 1.29 is 0 Å². The molecule has 17 heavy (non-hydrogen) atoms. The zero-order valence-corrected chi connectivity index (χ0v) is 10.8. The Morgan fingerprint density at radius 3 is 2.82 bits per heavy atom. The summed E-state index contributed by atoms with van der Waals surface area (Å²) in [4.78, 5) is 0. The maximum Gasteiger partial charge on any atom is 0.145 e. The normalized spacial score (nSPS) is 11.2. The molecule has 0 aliphatic rings. The number of benzene rings is 1. The van der Waals surface area contributed by atoms with Gasteiger partial charge in [0.1, 0.15) is 5.82 Å². The van der Waals surface area contributed by atoms with Gasteiger partial charge in [-0.15, -0.1) is 0 Å². The number of aromatic nitrogens is 3. The molecule has 0 bridgehead atoms. The van der Waals surface area contributed by atoms with Crippen molar-refractivity contribution in [3.8, 4) is 11.4 Å². The number of nitrogens with two attached hydrogens (primary N) is 1. The summed E-state index contributed by atoms with van der Waals surface area (Å²) in [6, 6.07) is 10.2. The predicted octanol–water partition coefficient (Wildman–Crippen LogP) is 2.91. The van der Waals surface area contributed by atoms with Gasteiger partial charge in [0, 0.05) is 28.5 Å². The lowest BCUT2D eigenvalue weighted by Gasteiger charge is -2.01. The summed E-state index contributed by atoms with van der Waals surface area (Å²) in [7, 11) is 2.03. The minimum Gasteiger partial charge on any atom is -0.382 e. The highest BCUT2D eigenvalue weighted by Gasteiger charge is 2.09. The number of nitrogen functional groups attached to an aromatic ring is 1. The number of H-pyrrole nitrogens is 1. The van der Waals surface area contributed by atoms with E-state index in [1.165, 1.54) is 10.9 Å². The van der Waals surface area contributed by atoms with Crippen LogP contribution < -0.4 is 5.73 Å². The molecule has 2 heterocycles. The van der Waals surface area contributed by atoms with E-state index in [-0.39, 0.29) is 0 Å². The van der Waals surface area contributed by atoms with Crippen LogP contribution in [0.5, 0.6) is 0 Å². The number of hydrogen-bond acceptors (Lipinski definition) is 2. The molecule has 0 unspecified atom stereocenters. The maximum absolute atomic E-state index is 5.63. The molecular weight excluding hydrogens is 280 g/mol. The summed E-state index contributed by atoms with van der Waals surface area (Å²) >= 11 is 3.48. The van der Waals surface area contributed by atoms with Crippen LogP contribution in [0.15, 0.2) is 34.8 Å². The Morgan fingerprint density at radius 1 is 1.29 bits per heavy atom. The third kappa shape index (κ3) is 1.63. The summed E-state index contributed by atoms with van der Waals surface area (Å²) in [6.45, 7) is 0. The largest absolute Gasteiger partial charge is 0.382 e. The zero-order valence-electron chi connectivity index (χ0n) is 9.24. The average Bonchev–Trinajstić information content (AvgIpc) is 2.84. The second-order valence-corrected chi connectivity index (χ2v) is 4.91. The predicted molar refractivity (Wildman–Crippen MR) is 72.6 cm³/mol. The van der Waals surface area contributed by atoms with E-state index in [4.69, 9.17) is 5.73 Å². The Labute approximate surface area is 107 Å². The zero-order chi connectivity index (χ0) is 12.0. The number of aromatic amines is 1. The van der Waals surface area contributed by atoms with Crippen LogP contribution in [0.4, 0.5) is 5.82 Å². The van der Waals surface area contributed by atoms with Gasteiger partial charge in [0.25, 0.3) is 0 Å². The van der Waals surface area contributed by atoms with Gasteiger partial charge in [0.2, 0.25) is 0 Å². The second-order valence-electron chi connectivity index (χ2n) is 4.00. The standard InChI is InChI=1S/C12H11BrN4/c1-17-10-5-8(13)3-2-7(10)4-11(17)9-6-12(14)16-15-9/h2-6H,1H3,(H3,14,15,16). The second kappa shape index (κ2) is 3.63. The van der Waals surface area contributed by atoms with Crippen LogP contribution in [-0.4, -0.2) is 14.8 Å². The van der Waals surface area contributed by atoms with E-state index in [0.717, 1.165) is 15.9 Å². The van der Waals surface area contributed by atoms with Gasteiger partial charge in [0.15, 0.2) is 0 Å². The van der Waals surface area contributed by atoms with Gasteiger partial charge in [-0.05, 0) is 18.2 Å². The molecule has 4 nitrogen and oxygen atoms in total. The lowest BCUT2D eigenvalue weighted by Crippen LogP contribution is -1.91. The monoisotopic (exact) mass is 290 g/mol. The molecule has 0 saturated carbocycles. The first-order chi connectivity index (χ1) is 8.15. The van der Waals surface area contributed by atoms with Gasteiger partial charge >= 0.3 is 0 Å². The number of hydrogen-bond donors (Lipinski definition) is 2. The van der Waals surface area contributed by atoms with Gasteiger partial charge in [-0.2, -0.15) is 5.10 Å². The van der Waals surface area contributed by atoms with Crippen molar-refractivity contribution in [1.82, 2.24) is 14.8 Å². The van der Waals surface area contributed by atoms with Crippen molar-refractivity contribution in [2.75, 3.05) is 5.73 Å². The van der Waals surface area contributed by atoms with Gasteiger partial charge in [0.05, 0.1) is 11.4 Å².